The number of para-hydroxylation sites is 3. The topological polar surface area (TPSA) is 51.3 Å². The Bertz CT molecular complexity index is 1220. The first-order valence-corrected chi connectivity index (χ1v) is 10.9. The minimum Gasteiger partial charge on any atom is -0.451 e. The van der Waals surface area contributed by atoms with E-state index in [0.29, 0.717) is 12.3 Å². The summed E-state index contributed by atoms with van der Waals surface area (Å²) in [6, 6.07) is 16.2. The largest absolute Gasteiger partial charge is 0.451 e. The minimum absolute atomic E-state index is 0.00782. The summed E-state index contributed by atoms with van der Waals surface area (Å²) in [5, 5.41) is 1.01. The van der Waals surface area contributed by atoms with E-state index in [2.05, 4.69) is 29.7 Å². The fraction of sp³-hybridized carbons (Fsp3) is 0.360. The number of benzene rings is 2. The molecule has 1 amide bonds. The maximum Gasteiger partial charge on any atom is 0.289 e. The van der Waals surface area contributed by atoms with Gasteiger partial charge < -0.3 is 13.9 Å². The summed E-state index contributed by atoms with van der Waals surface area (Å²) >= 11 is 0. The van der Waals surface area contributed by atoms with Crippen molar-refractivity contribution in [3.05, 3.63) is 65.7 Å². The van der Waals surface area contributed by atoms with Gasteiger partial charge in [-0.15, -0.1) is 0 Å². The second-order valence-electron chi connectivity index (χ2n) is 8.25. The van der Waals surface area contributed by atoms with Crippen LogP contribution in [0, 0.1) is 6.92 Å². The summed E-state index contributed by atoms with van der Waals surface area (Å²) in [5.41, 5.74) is 3.93. The van der Waals surface area contributed by atoms with Crippen LogP contribution in [0.4, 0.5) is 0 Å². The molecular formula is C25H27N3O2. The van der Waals surface area contributed by atoms with Gasteiger partial charge in [-0.3, -0.25) is 4.79 Å². The maximum absolute atomic E-state index is 13.4. The number of aryl methyl sites for hydroxylation is 2. The van der Waals surface area contributed by atoms with Crippen LogP contribution in [0.1, 0.15) is 54.0 Å². The number of hydrogen-bond donors (Lipinski definition) is 0. The molecule has 154 valence electrons. The SMILES string of the molecule is CCCn1c(C2CCCN(C(=O)c3oc4ccccc4c3C)C2)nc2ccccc21. The maximum atomic E-state index is 13.4. The molecule has 5 rings (SSSR count). The van der Waals surface area contributed by atoms with Crippen LogP contribution in [0.2, 0.25) is 0 Å². The Morgan fingerprint density at radius 3 is 2.80 bits per heavy atom. The average Bonchev–Trinajstić information content (AvgIpc) is 3.32. The van der Waals surface area contributed by atoms with Crippen molar-refractivity contribution < 1.29 is 9.21 Å². The van der Waals surface area contributed by atoms with Gasteiger partial charge in [0.05, 0.1) is 11.0 Å². The van der Waals surface area contributed by atoms with Crippen molar-refractivity contribution in [1.82, 2.24) is 14.5 Å². The van der Waals surface area contributed by atoms with E-state index >= 15 is 0 Å². The fourth-order valence-electron chi connectivity index (χ4n) is 4.76. The van der Waals surface area contributed by atoms with Gasteiger partial charge in [-0.25, -0.2) is 4.98 Å². The molecule has 0 N–H and O–H groups in total. The highest BCUT2D eigenvalue weighted by atomic mass is 16.3. The molecule has 0 radical (unpaired) electrons. The Kier molecular flexibility index (Phi) is 4.81. The molecule has 30 heavy (non-hydrogen) atoms. The number of likely N-dealkylation sites (tertiary alicyclic amines) is 1. The molecule has 2 aromatic carbocycles. The van der Waals surface area contributed by atoms with Crippen molar-refractivity contribution in [2.45, 2.75) is 45.6 Å². The van der Waals surface area contributed by atoms with E-state index in [9.17, 15) is 4.79 Å². The lowest BCUT2D eigenvalue weighted by Gasteiger charge is -2.32. The van der Waals surface area contributed by atoms with E-state index in [1.165, 1.54) is 5.52 Å². The number of rotatable bonds is 4. The van der Waals surface area contributed by atoms with Gasteiger partial charge in [0.2, 0.25) is 0 Å². The highest BCUT2D eigenvalue weighted by Crippen LogP contribution is 2.32. The molecule has 5 heteroatoms. The summed E-state index contributed by atoms with van der Waals surface area (Å²) < 4.78 is 8.30. The summed E-state index contributed by atoms with van der Waals surface area (Å²) in [6.07, 6.45) is 3.09. The third kappa shape index (κ3) is 3.09. The average molecular weight is 402 g/mol. The van der Waals surface area contributed by atoms with Crippen molar-refractivity contribution in [1.29, 1.82) is 0 Å². The highest BCUT2D eigenvalue weighted by Gasteiger charge is 2.31. The Morgan fingerprint density at radius 2 is 1.97 bits per heavy atom. The zero-order chi connectivity index (χ0) is 20.7. The highest BCUT2D eigenvalue weighted by molar-refractivity contribution is 5.99. The van der Waals surface area contributed by atoms with Gasteiger partial charge in [0, 0.05) is 36.5 Å². The molecule has 0 spiro atoms. The molecule has 2 aromatic heterocycles. The molecular weight excluding hydrogens is 374 g/mol. The number of fused-ring (bicyclic) bond motifs is 2. The van der Waals surface area contributed by atoms with Crippen molar-refractivity contribution in [3.8, 4) is 0 Å². The number of furan rings is 1. The molecule has 1 unspecified atom stereocenters. The number of carbonyl (C=O) groups is 1. The van der Waals surface area contributed by atoms with Gasteiger partial charge in [-0.1, -0.05) is 37.3 Å². The molecule has 1 atom stereocenters. The lowest BCUT2D eigenvalue weighted by Crippen LogP contribution is -2.39. The molecule has 4 aromatic rings. The smallest absolute Gasteiger partial charge is 0.289 e. The van der Waals surface area contributed by atoms with Crippen LogP contribution in [-0.2, 0) is 6.54 Å². The number of piperidine rings is 1. The third-order valence-electron chi connectivity index (χ3n) is 6.24. The van der Waals surface area contributed by atoms with Crippen LogP contribution < -0.4 is 0 Å². The van der Waals surface area contributed by atoms with Crippen LogP contribution in [0.5, 0.6) is 0 Å². The van der Waals surface area contributed by atoms with Crippen LogP contribution >= 0.6 is 0 Å². The standard InChI is InChI=1S/C25H27N3O2/c1-3-14-28-21-12-6-5-11-20(21)26-24(28)18-9-8-15-27(16-18)25(29)23-17(2)19-10-4-7-13-22(19)30-23/h4-7,10-13,18H,3,8-9,14-16H2,1-2H3. The Hall–Kier alpha value is -3.08. The van der Waals surface area contributed by atoms with Gasteiger partial charge in [-0.2, -0.15) is 0 Å². The molecule has 1 fully saturated rings. The zero-order valence-electron chi connectivity index (χ0n) is 17.6. The van der Waals surface area contributed by atoms with Crippen LogP contribution in [0.15, 0.2) is 52.9 Å². The first kappa shape index (κ1) is 18.9. The fourth-order valence-corrected chi connectivity index (χ4v) is 4.76. The van der Waals surface area contributed by atoms with Crippen LogP contribution in [-0.4, -0.2) is 33.4 Å². The van der Waals surface area contributed by atoms with E-state index in [1.54, 1.807) is 0 Å². The van der Waals surface area contributed by atoms with Crippen LogP contribution in [0.3, 0.4) is 0 Å². The Labute approximate surface area is 176 Å². The summed E-state index contributed by atoms with van der Waals surface area (Å²) in [4.78, 5) is 20.3. The predicted molar refractivity (Wildman–Crippen MR) is 119 cm³/mol. The Balaban J connectivity index is 1.46. The van der Waals surface area contributed by atoms with Gasteiger partial charge >= 0.3 is 0 Å². The van der Waals surface area contributed by atoms with Crippen molar-refractivity contribution in [2.24, 2.45) is 0 Å². The van der Waals surface area contributed by atoms with Crippen LogP contribution in [0.25, 0.3) is 22.0 Å². The van der Waals surface area contributed by atoms with E-state index in [1.807, 2.05) is 42.2 Å². The molecule has 1 saturated heterocycles. The van der Waals surface area contributed by atoms with Gasteiger partial charge in [0.25, 0.3) is 5.91 Å². The zero-order valence-corrected chi connectivity index (χ0v) is 17.6. The van der Waals surface area contributed by atoms with Gasteiger partial charge in [-0.05, 0) is 44.4 Å². The number of imidazole rings is 1. The normalized spacial score (nSPS) is 17.1. The summed E-state index contributed by atoms with van der Waals surface area (Å²) in [5.74, 6) is 1.81. The minimum atomic E-state index is -0.00782. The number of carbonyl (C=O) groups excluding carboxylic acids is 1. The molecule has 0 saturated carbocycles. The second-order valence-corrected chi connectivity index (χ2v) is 8.25. The van der Waals surface area contributed by atoms with E-state index in [0.717, 1.165) is 60.2 Å². The lowest BCUT2D eigenvalue weighted by molar-refractivity contribution is 0.0672. The monoisotopic (exact) mass is 401 g/mol. The number of hydrogen-bond acceptors (Lipinski definition) is 3. The molecule has 0 aliphatic carbocycles. The summed E-state index contributed by atoms with van der Waals surface area (Å²) in [6.45, 7) is 6.56. The van der Waals surface area contributed by atoms with Crippen molar-refractivity contribution in [3.63, 3.8) is 0 Å². The number of aromatic nitrogens is 2. The van der Waals surface area contributed by atoms with Crippen molar-refractivity contribution in [2.75, 3.05) is 13.1 Å². The van der Waals surface area contributed by atoms with E-state index in [4.69, 9.17) is 9.40 Å². The Morgan fingerprint density at radius 1 is 1.17 bits per heavy atom. The predicted octanol–water partition coefficient (Wildman–Crippen LogP) is 5.52. The number of nitrogens with zero attached hydrogens (tertiary/aromatic N) is 3. The van der Waals surface area contributed by atoms with Gasteiger partial charge in [0.1, 0.15) is 11.4 Å². The summed E-state index contributed by atoms with van der Waals surface area (Å²) in [7, 11) is 0. The first-order valence-electron chi connectivity index (χ1n) is 10.9. The molecule has 1 aliphatic rings. The van der Waals surface area contributed by atoms with E-state index < -0.39 is 0 Å². The molecule has 3 heterocycles. The molecule has 1 aliphatic heterocycles. The quantitative estimate of drug-likeness (QED) is 0.452. The van der Waals surface area contributed by atoms with E-state index in [-0.39, 0.29) is 11.8 Å². The van der Waals surface area contributed by atoms with Gasteiger partial charge in [0.15, 0.2) is 5.76 Å². The molecule has 5 nitrogen and oxygen atoms in total. The third-order valence-corrected chi connectivity index (χ3v) is 6.24. The van der Waals surface area contributed by atoms with Crippen molar-refractivity contribution >= 4 is 27.9 Å². The first-order chi connectivity index (χ1) is 14.7. The number of amides is 1. The second kappa shape index (κ2) is 7.63. The lowest BCUT2D eigenvalue weighted by atomic mass is 9.96. The molecule has 0 bridgehead atoms.